The van der Waals surface area contributed by atoms with Crippen LogP contribution in [0, 0.1) is 5.92 Å². The lowest BCUT2D eigenvalue weighted by atomic mass is 10.1. The van der Waals surface area contributed by atoms with Gasteiger partial charge in [-0.1, -0.05) is 0 Å². The minimum absolute atomic E-state index is 0.191. The summed E-state index contributed by atoms with van der Waals surface area (Å²) in [5.41, 5.74) is 0.776. The number of ether oxygens (including phenoxy) is 2. The molecule has 2 rings (SSSR count). The highest BCUT2D eigenvalue weighted by molar-refractivity contribution is 6.08. The Morgan fingerprint density at radius 1 is 1.37 bits per heavy atom. The van der Waals surface area contributed by atoms with Crippen molar-refractivity contribution in [2.45, 2.75) is 13.3 Å². The molecule has 1 aliphatic rings. The molecule has 1 fully saturated rings. The third kappa shape index (κ3) is 2.70. The molecule has 1 aromatic carbocycles. The zero-order valence-corrected chi connectivity index (χ0v) is 11.1. The van der Waals surface area contributed by atoms with E-state index in [1.54, 1.807) is 31.1 Å². The van der Waals surface area contributed by atoms with Crippen LogP contribution in [0.25, 0.3) is 0 Å². The van der Waals surface area contributed by atoms with Gasteiger partial charge in [-0.3, -0.25) is 9.59 Å². The summed E-state index contributed by atoms with van der Waals surface area (Å²) in [7, 11) is 1.59. The van der Waals surface area contributed by atoms with E-state index < -0.39 is 11.9 Å². The summed E-state index contributed by atoms with van der Waals surface area (Å²) < 4.78 is 9.98. The zero-order chi connectivity index (χ0) is 13.8. The molecule has 1 atom stereocenters. The van der Waals surface area contributed by atoms with Crippen LogP contribution in [0.2, 0.25) is 0 Å². The van der Waals surface area contributed by atoms with E-state index in [-0.39, 0.29) is 5.91 Å². The van der Waals surface area contributed by atoms with E-state index in [2.05, 4.69) is 0 Å². The summed E-state index contributed by atoms with van der Waals surface area (Å²) in [6.07, 6.45) is 0.504. The van der Waals surface area contributed by atoms with E-state index in [1.165, 1.54) is 0 Å². The predicted molar refractivity (Wildman–Crippen MR) is 70.1 cm³/mol. The van der Waals surface area contributed by atoms with Crippen LogP contribution in [0.4, 0.5) is 5.69 Å². The number of esters is 1. The number of nitrogens with zero attached hydrogens (tertiary/aromatic N) is 1. The first-order chi connectivity index (χ1) is 9.17. The van der Waals surface area contributed by atoms with Gasteiger partial charge in [-0.05, 0) is 37.6 Å². The molecule has 1 unspecified atom stereocenters. The lowest BCUT2D eigenvalue weighted by molar-refractivity contribution is -0.150. The predicted octanol–water partition coefficient (Wildman–Crippen LogP) is 1.61. The summed E-state index contributed by atoms with van der Waals surface area (Å²) >= 11 is 0. The van der Waals surface area contributed by atoms with Crippen molar-refractivity contribution in [3.05, 3.63) is 24.3 Å². The summed E-state index contributed by atoms with van der Waals surface area (Å²) in [6.45, 7) is 2.57. The second kappa shape index (κ2) is 5.73. The molecule has 5 heteroatoms. The highest BCUT2D eigenvalue weighted by Gasteiger charge is 2.38. The van der Waals surface area contributed by atoms with Gasteiger partial charge in [0, 0.05) is 12.2 Å². The maximum absolute atomic E-state index is 12.2. The Labute approximate surface area is 112 Å². The van der Waals surface area contributed by atoms with E-state index in [1.807, 2.05) is 12.1 Å². The molecule has 0 spiro atoms. The molecule has 1 amide bonds. The normalized spacial score (nSPS) is 18.5. The van der Waals surface area contributed by atoms with Crippen LogP contribution in [0.5, 0.6) is 5.75 Å². The number of methoxy groups -OCH3 is 1. The average molecular weight is 263 g/mol. The van der Waals surface area contributed by atoms with Crippen molar-refractivity contribution in [1.82, 2.24) is 0 Å². The first-order valence-electron chi connectivity index (χ1n) is 6.29. The third-order valence-corrected chi connectivity index (χ3v) is 3.16. The van der Waals surface area contributed by atoms with E-state index in [4.69, 9.17) is 9.47 Å². The Morgan fingerprint density at radius 2 is 2.05 bits per heavy atom. The fraction of sp³-hybridized carbons (Fsp3) is 0.429. The fourth-order valence-corrected chi connectivity index (χ4v) is 2.16. The van der Waals surface area contributed by atoms with E-state index >= 15 is 0 Å². The molecule has 0 aromatic heterocycles. The minimum Gasteiger partial charge on any atom is -0.497 e. The van der Waals surface area contributed by atoms with E-state index in [9.17, 15) is 9.59 Å². The van der Waals surface area contributed by atoms with Gasteiger partial charge in [0.2, 0.25) is 5.91 Å². The highest BCUT2D eigenvalue weighted by atomic mass is 16.5. The van der Waals surface area contributed by atoms with Crippen molar-refractivity contribution >= 4 is 17.6 Å². The smallest absolute Gasteiger partial charge is 0.318 e. The average Bonchev–Trinajstić information content (AvgIpc) is 2.81. The summed E-state index contributed by atoms with van der Waals surface area (Å²) in [6, 6.07) is 7.20. The third-order valence-electron chi connectivity index (χ3n) is 3.16. The molecule has 1 aliphatic heterocycles. The maximum Gasteiger partial charge on any atom is 0.318 e. The number of benzene rings is 1. The van der Waals surface area contributed by atoms with Gasteiger partial charge in [-0.15, -0.1) is 0 Å². The van der Waals surface area contributed by atoms with Crippen molar-refractivity contribution in [3.8, 4) is 5.75 Å². The molecule has 0 radical (unpaired) electrons. The Balaban J connectivity index is 2.10. The van der Waals surface area contributed by atoms with Gasteiger partial charge in [0.25, 0.3) is 0 Å². The van der Waals surface area contributed by atoms with E-state index in [0.29, 0.717) is 19.6 Å². The van der Waals surface area contributed by atoms with Gasteiger partial charge in [-0.25, -0.2) is 0 Å². The molecule has 102 valence electrons. The van der Waals surface area contributed by atoms with Gasteiger partial charge in [-0.2, -0.15) is 0 Å². The van der Waals surface area contributed by atoms with E-state index in [0.717, 1.165) is 11.4 Å². The minimum atomic E-state index is -0.665. The Morgan fingerprint density at radius 3 is 2.63 bits per heavy atom. The Bertz CT molecular complexity index is 469. The molecule has 1 saturated heterocycles. The maximum atomic E-state index is 12.2. The van der Waals surface area contributed by atoms with Crippen LogP contribution in [-0.2, 0) is 14.3 Å². The van der Waals surface area contributed by atoms with Gasteiger partial charge < -0.3 is 14.4 Å². The van der Waals surface area contributed by atoms with Gasteiger partial charge >= 0.3 is 5.97 Å². The van der Waals surface area contributed by atoms with Crippen LogP contribution in [-0.4, -0.2) is 32.1 Å². The fourth-order valence-electron chi connectivity index (χ4n) is 2.16. The zero-order valence-electron chi connectivity index (χ0n) is 11.1. The van der Waals surface area contributed by atoms with Gasteiger partial charge in [0.05, 0.1) is 13.7 Å². The molecule has 5 nitrogen and oxygen atoms in total. The first kappa shape index (κ1) is 13.4. The van der Waals surface area contributed by atoms with Crippen LogP contribution in [0.15, 0.2) is 24.3 Å². The van der Waals surface area contributed by atoms with Gasteiger partial charge in [0.1, 0.15) is 11.7 Å². The molecule has 1 heterocycles. The Kier molecular flexibility index (Phi) is 4.04. The van der Waals surface area contributed by atoms with Crippen LogP contribution < -0.4 is 9.64 Å². The Hall–Kier alpha value is -2.04. The number of anilines is 1. The van der Waals surface area contributed by atoms with Crippen LogP contribution >= 0.6 is 0 Å². The molecular formula is C14H17NO4. The highest BCUT2D eigenvalue weighted by Crippen LogP contribution is 2.27. The SMILES string of the molecule is CCOC(=O)C1CCN(c2ccc(OC)cc2)C1=O. The molecule has 0 N–H and O–H groups in total. The molecular weight excluding hydrogens is 246 g/mol. The molecule has 0 aliphatic carbocycles. The summed E-state index contributed by atoms with van der Waals surface area (Å²) in [5, 5.41) is 0. The second-order valence-electron chi connectivity index (χ2n) is 4.28. The number of rotatable bonds is 4. The number of carbonyl (C=O) groups excluding carboxylic acids is 2. The second-order valence-corrected chi connectivity index (χ2v) is 4.28. The molecule has 1 aromatic rings. The lowest BCUT2D eigenvalue weighted by Crippen LogP contribution is -2.31. The topological polar surface area (TPSA) is 55.8 Å². The molecule has 0 bridgehead atoms. The van der Waals surface area contributed by atoms with Crippen molar-refractivity contribution in [2.75, 3.05) is 25.2 Å². The van der Waals surface area contributed by atoms with Crippen LogP contribution in [0.3, 0.4) is 0 Å². The number of amides is 1. The van der Waals surface area contributed by atoms with Crippen molar-refractivity contribution in [1.29, 1.82) is 0 Å². The summed E-state index contributed by atoms with van der Waals surface area (Å²) in [5.74, 6) is -0.550. The standard InChI is InChI=1S/C14H17NO4/c1-3-19-14(17)12-8-9-15(13(12)16)10-4-6-11(18-2)7-5-10/h4-7,12H,3,8-9H2,1-2H3. The number of hydrogen-bond donors (Lipinski definition) is 0. The summed E-state index contributed by atoms with van der Waals surface area (Å²) in [4.78, 5) is 25.4. The monoisotopic (exact) mass is 263 g/mol. The van der Waals surface area contributed by atoms with Crippen molar-refractivity contribution < 1.29 is 19.1 Å². The van der Waals surface area contributed by atoms with Crippen molar-refractivity contribution in [3.63, 3.8) is 0 Å². The molecule has 0 saturated carbocycles. The van der Waals surface area contributed by atoms with Crippen LogP contribution in [0.1, 0.15) is 13.3 Å². The van der Waals surface area contributed by atoms with Crippen molar-refractivity contribution in [2.24, 2.45) is 5.92 Å². The molecule has 19 heavy (non-hydrogen) atoms. The van der Waals surface area contributed by atoms with Gasteiger partial charge in [0.15, 0.2) is 0 Å². The lowest BCUT2D eigenvalue weighted by Gasteiger charge is -2.16. The largest absolute Gasteiger partial charge is 0.497 e. The quantitative estimate of drug-likeness (QED) is 0.611. The first-order valence-corrected chi connectivity index (χ1v) is 6.29. The number of carbonyl (C=O) groups is 2. The number of hydrogen-bond acceptors (Lipinski definition) is 4.